The molecule has 1 aromatic rings. The van der Waals surface area contributed by atoms with Gasteiger partial charge in [-0.2, -0.15) is 0 Å². The molecule has 1 heterocycles. The molecule has 0 aliphatic heterocycles. The van der Waals surface area contributed by atoms with E-state index in [2.05, 4.69) is 15.3 Å². The van der Waals surface area contributed by atoms with Crippen LogP contribution >= 0.6 is 0 Å². The fourth-order valence-electron chi connectivity index (χ4n) is 0.718. The van der Waals surface area contributed by atoms with E-state index in [9.17, 15) is 8.78 Å². The molecule has 6 heteroatoms. The summed E-state index contributed by atoms with van der Waals surface area (Å²) in [6.07, 6.45) is 3.15. The number of rotatable bonds is 3. The van der Waals surface area contributed by atoms with E-state index in [-0.39, 0.29) is 5.95 Å². The van der Waals surface area contributed by atoms with E-state index in [4.69, 9.17) is 0 Å². The highest BCUT2D eigenvalue weighted by molar-refractivity contribution is 6.31. The number of anilines is 1. The molecule has 1 N–H and O–H groups in total. The van der Waals surface area contributed by atoms with Crippen LogP contribution in [0.1, 0.15) is 6.92 Å². The van der Waals surface area contributed by atoms with Gasteiger partial charge in [0.05, 0.1) is 6.54 Å². The molecule has 0 aliphatic rings. The standard InChI is InChI=1S/C7H10BF2N3/c1-7(9,10)4-13-6-11-2-5(8)3-12-6/h2-3H,4,8H2,1H3,(H,11,12,13). The summed E-state index contributed by atoms with van der Waals surface area (Å²) in [6.45, 7) is 0.393. The van der Waals surface area contributed by atoms with Crippen LogP contribution in [0, 0.1) is 0 Å². The zero-order valence-electron chi connectivity index (χ0n) is 7.51. The summed E-state index contributed by atoms with van der Waals surface area (Å²) in [7, 11) is 1.83. The summed E-state index contributed by atoms with van der Waals surface area (Å²) in [5, 5.41) is 2.44. The van der Waals surface area contributed by atoms with Crippen molar-refractivity contribution in [3.63, 3.8) is 0 Å². The summed E-state index contributed by atoms with van der Waals surface area (Å²) < 4.78 is 24.7. The average molecular weight is 185 g/mol. The molecule has 13 heavy (non-hydrogen) atoms. The van der Waals surface area contributed by atoms with Crippen LogP contribution in [0.2, 0.25) is 0 Å². The van der Waals surface area contributed by atoms with Gasteiger partial charge in [0.25, 0.3) is 5.92 Å². The lowest BCUT2D eigenvalue weighted by molar-refractivity contribution is 0.0366. The van der Waals surface area contributed by atoms with Crippen LogP contribution in [0.15, 0.2) is 12.4 Å². The first-order valence-electron chi connectivity index (χ1n) is 3.88. The normalized spacial score (nSPS) is 11.3. The van der Waals surface area contributed by atoms with E-state index in [0.29, 0.717) is 0 Å². The van der Waals surface area contributed by atoms with E-state index in [1.807, 2.05) is 7.85 Å². The molecule has 0 unspecified atom stereocenters. The van der Waals surface area contributed by atoms with Gasteiger partial charge in [-0.05, 0) is 0 Å². The Balaban J connectivity index is 2.51. The molecule has 0 aromatic carbocycles. The van der Waals surface area contributed by atoms with Gasteiger partial charge in [-0.15, -0.1) is 0 Å². The highest BCUT2D eigenvalue weighted by Crippen LogP contribution is 2.10. The quantitative estimate of drug-likeness (QED) is 0.662. The summed E-state index contributed by atoms with van der Waals surface area (Å²) >= 11 is 0. The Bertz CT molecular complexity index is 270. The summed E-state index contributed by atoms with van der Waals surface area (Å²) in [6, 6.07) is 0. The van der Waals surface area contributed by atoms with E-state index in [1.165, 1.54) is 0 Å². The average Bonchev–Trinajstić information content (AvgIpc) is 2.02. The van der Waals surface area contributed by atoms with E-state index < -0.39 is 12.5 Å². The number of nitrogens with zero attached hydrogens (tertiary/aromatic N) is 2. The highest BCUT2D eigenvalue weighted by Gasteiger charge is 2.20. The Morgan fingerprint density at radius 3 is 2.46 bits per heavy atom. The van der Waals surface area contributed by atoms with Crippen LogP contribution in [0.4, 0.5) is 14.7 Å². The number of halogens is 2. The molecule has 70 valence electrons. The molecule has 0 saturated heterocycles. The molecule has 0 aliphatic carbocycles. The SMILES string of the molecule is Bc1cnc(NCC(C)(F)F)nc1. The van der Waals surface area contributed by atoms with Crippen molar-refractivity contribution in [2.24, 2.45) is 0 Å². The molecule has 1 aromatic heterocycles. The number of hydrogen-bond acceptors (Lipinski definition) is 3. The van der Waals surface area contributed by atoms with E-state index >= 15 is 0 Å². The molecule has 0 bridgehead atoms. The van der Waals surface area contributed by atoms with Crippen LogP contribution in [-0.2, 0) is 0 Å². The second-order valence-electron chi connectivity index (χ2n) is 3.01. The zero-order valence-corrected chi connectivity index (χ0v) is 7.51. The van der Waals surface area contributed by atoms with Gasteiger partial charge in [0.15, 0.2) is 0 Å². The predicted molar refractivity (Wildman–Crippen MR) is 49.3 cm³/mol. The number of aromatic nitrogens is 2. The van der Waals surface area contributed by atoms with Gasteiger partial charge in [0, 0.05) is 19.3 Å². The summed E-state index contributed by atoms with van der Waals surface area (Å²) in [4.78, 5) is 7.65. The summed E-state index contributed by atoms with van der Waals surface area (Å²) in [5.74, 6) is -2.51. The van der Waals surface area contributed by atoms with Gasteiger partial charge < -0.3 is 5.32 Å². The lowest BCUT2D eigenvalue weighted by atomic mass is 10.0. The third-order valence-corrected chi connectivity index (χ3v) is 1.34. The monoisotopic (exact) mass is 185 g/mol. The minimum atomic E-state index is -2.74. The van der Waals surface area contributed by atoms with E-state index in [0.717, 1.165) is 12.4 Å². The topological polar surface area (TPSA) is 37.8 Å². The first-order chi connectivity index (χ1) is 5.97. The van der Waals surface area contributed by atoms with Crippen LogP contribution in [-0.4, -0.2) is 30.3 Å². The van der Waals surface area contributed by atoms with Crippen LogP contribution < -0.4 is 10.8 Å². The van der Waals surface area contributed by atoms with Crippen LogP contribution in [0.25, 0.3) is 0 Å². The van der Waals surface area contributed by atoms with Gasteiger partial charge in [-0.3, -0.25) is 0 Å². The number of hydrogen-bond donors (Lipinski definition) is 1. The Hall–Kier alpha value is -1.20. The Labute approximate surface area is 76.0 Å². The van der Waals surface area contributed by atoms with Crippen molar-refractivity contribution in [3.05, 3.63) is 12.4 Å². The third kappa shape index (κ3) is 3.82. The molecule has 0 amide bonds. The Kier molecular flexibility index (Phi) is 2.80. The molecular weight excluding hydrogens is 175 g/mol. The van der Waals surface area contributed by atoms with Gasteiger partial charge in [-0.1, -0.05) is 5.46 Å². The minimum Gasteiger partial charge on any atom is -0.348 e. The molecule has 0 saturated carbocycles. The van der Waals surface area contributed by atoms with E-state index in [1.54, 1.807) is 12.4 Å². The fourth-order valence-corrected chi connectivity index (χ4v) is 0.718. The van der Waals surface area contributed by atoms with Crippen LogP contribution in [0.3, 0.4) is 0 Å². The smallest absolute Gasteiger partial charge is 0.262 e. The van der Waals surface area contributed by atoms with Gasteiger partial charge in [0.2, 0.25) is 5.95 Å². The molecule has 3 nitrogen and oxygen atoms in total. The summed E-state index contributed by atoms with van der Waals surface area (Å²) in [5.41, 5.74) is 0.897. The van der Waals surface area contributed by atoms with Crippen molar-refractivity contribution >= 4 is 19.3 Å². The Morgan fingerprint density at radius 2 is 2.00 bits per heavy atom. The van der Waals surface area contributed by atoms with Crippen molar-refractivity contribution in [1.29, 1.82) is 0 Å². The number of nitrogens with one attached hydrogen (secondary N) is 1. The second-order valence-corrected chi connectivity index (χ2v) is 3.01. The van der Waals surface area contributed by atoms with Crippen molar-refractivity contribution in [2.45, 2.75) is 12.8 Å². The van der Waals surface area contributed by atoms with Crippen molar-refractivity contribution in [1.82, 2.24) is 9.97 Å². The lowest BCUT2D eigenvalue weighted by Gasteiger charge is -2.10. The second kappa shape index (κ2) is 3.68. The zero-order chi connectivity index (χ0) is 9.90. The maximum Gasteiger partial charge on any atom is 0.262 e. The van der Waals surface area contributed by atoms with Crippen LogP contribution in [0.5, 0.6) is 0 Å². The van der Waals surface area contributed by atoms with Gasteiger partial charge in [0.1, 0.15) is 7.85 Å². The van der Waals surface area contributed by atoms with Crippen molar-refractivity contribution < 1.29 is 8.78 Å². The fraction of sp³-hybridized carbons (Fsp3) is 0.429. The first kappa shape index (κ1) is 9.89. The molecule has 1 rings (SSSR count). The predicted octanol–water partition coefficient (Wildman–Crippen LogP) is -0.198. The maximum atomic E-state index is 12.4. The molecule has 0 radical (unpaired) electrons. The third-order valence-electron chi connectivity index (χ3n) is 1.34. The molecular formula is C7H10BF2N3. The molecule has 0 spiro atoms. The highest BCUT2D eigenvalue weighted by atomic mass is 19.3. The van der Waals surface area contributed by atoms with Gasteiger partial charge in [-0.25, -0.2) is 18.7 Å². The maximum absolute atomic E-state index is 12.4. The first-order valence-corrected chi connectivity index (χ1v) is 3.88. The van der Waals surface area contributed by atoms with Crippen molar-refractivity contribution in [2.75, 3.05) is 11.9 Å². The lowest BCUT2D eigenvalue weighted by Crippen LogP contribution is -2.24. The van der Waals surface area contributed by atoms with Gasteiger partial charge >= 0.3 is 0 Å². The molecule has 0 atom stereocenters. The van der Waals surface area contributed by atoms with Crippen molar-refractivity contribution in [3.8, 4) is 0 Å². The Morgan fingerprint density at radius 1 is 1.46 bits per heavy atom. The minimum absolute atomic E-state index is 0.229. The number of alkyl halides is 2. The largest absolute Gasteiger partial charge is 0.348 e. The molecule has 0 fully saturated rings.